The fourth-order valence-corrected chi connectivity index (χ4v) is 4.67. The Bertz CT molecular complexity index is 932. The van der Waals surface area contributed by atoms with E-state index in [1.165, 1.54) is 4.90 Å². The largest absolute Gasteiger partial charge is 0.379 e. The highest BCUT2D eigenvalue weighted by atomic mass is 32.2. The molecule has 2 amide bonds. The number of nitrogens with zero attached hydrogens (tertiary/aromatic N) is 4. The van der Waals surface area contributed by atoms with E-state index in [9.17, 15) is 14.4 Å². The molecule has 1 saturated heterocycles. The number of carbonyl (C=O) groups excluding carboxylic acids is 3. The van der Waals surface area contributed by atoms with Crippen LogP contribution in [0.25, 0.3) is 0 Å². The van der Waals surface area contributed by atoms with Gasteiger partial charge in [0, 0.05) is 28.8 Å². The summed E-state index contributed by atoms with van der Waals surface area (Å²) < 4.78 is 5.59. The van der Waals surface area contributed by atoms with Gasteiger partial charge in [-0.05, 0) is 11.5 Å². The topological polar surface area (TPSA) is 105 Å². The van der Waals surface area contributed by atoms with Crippen LogP contribution in [0.5, 0.6) is 0 Å². The van der Waals surface area contributed by atoms with Crippen LogP contribution in [-0.4, -0.2) is 43.4 Å². The van der Waals surface area contributed by atoms with Gasteiger partial charge in [-0.25, -0.2) is 9.36 Å². The minimum atomic E-state index is -0.741. The Morgan fingerprint density at radius 2 is 2.14 bits per heavy atom. The first-order chi connectivity index (χ1) is 13.6. The summed E-state index contributed by atoms with van der Waals surface area (Å²) in [5, 5.41) is 5.35. The first-order valence-corrected chi connectivity index (χ1v) is 10.4. The third kappa shape index (κ3) is 3.90. The number of aromatic nitrogens is 3. The third-order valence-corrected chi connectivity index (χ3v) is 6.11. The van der Waals surface area contributed by atoms with E-state index in [4.69, 9.17) is 4.84 Å². The molecule has 0 aromatic carbocycles. The predicted octanol–water partition coefficient (Wildman–Crippen LogP) is 0.202. The van der Waals surface area contributed by atoms with Gasteiger partial charge in [-0.15, -0.1) is 16.9 Å². The van der Waals surface area contributed by atoms with Gasteiger partial charge in [0.1, 0.15) is 5.70 Å². The summed E-state index contributed by atoms with van der Waals surface area (Å²) in [5.74, 6) is -0.773. The van der Waals surface area contributed by atoms with Crippen LogP contribution in [-0.2, 0) is 32.2 Å². The molecule has 11 heteroatoms. The number of hydrogen-bond acceptors (Lipinski definition) is 8. The minimum absolute atomic E-state index is 0.0450. The Hall–Kier alpha value is -2.79. The number of carbonyl (C=O) groups is 3. The first-order valence-electron chi connectivity index (χ1n) is 8.47. The fraction of sp³-hybridized carbons (Fsp3) is 0.294. The molecular formula is C17H16N5O4S2+. The molecule has 2 aliphatic heterocycles. The molecule has 4 rings (SSSR count). The van der Waals surface area contributed by atoms with Crippen molar-refractivity contribution < 1.29 is 23.8 Å². The van der Waals surface area contributed by atoms with Crippen molar-refractivity contribution in [3.05, 3.63) is 52.9 Å². The Morgan fingerprint density at radius 1 is 1.32 bits per heavy atom. The van der Waals surface area contributed by atoms with Gasteiger partial charge < -0.3 is 4.84 Å². The average molecular weight is 418 g/mol. The van der Waals surface area contributed by atoms with Crippen LogP contribution in [0.2, 0.25) is 0 Å². The second-order valence-electron chi connectivity index (χ2n) is 6.22. The maximum atomic E-state index is 12.7. The first kappa shape index (κ1) is 18.6. The van der Waals surface area contributed by atoms with Crippen molar-refractivity contribution in [2.45, 2.75) is 24.8 Å². The smallest absolute Gasteiger partial charge is 0.334 e. The molecule has 0 radical (unpaired) electrons. The summed E-state index contributed by atoms with van der Waals surface area (Å²) in [6.45, 7) is 0.452. The SMILES string of the molecule is O=C(Cc1csnn1)NOC(=O)C1=C(C[n+]2ccccc2)CS[C@@H]2CC(=O)N12. The molecule has 1 fully saturated rings. The van der Waals surface area contributed by atoms with Gasteiger partial charge in [0.25, 0.3) is 5.91 Å². The molecule has 1 N–H and O–H groups in total. The summed E-state index contributed by atoms with van der Waals surface area (Å²) in [5.41, 5.74) is 3.62. The Labute approximate surface area is 168 Å². The molecular weight excluding hydrogens is 402 g/mol. The lowest BCUT2D eigenvalue weighted by Crippen LogP contribution is -2.55. The van der Waals surface area contributed by atoms with Crippen molar-refractivity contribution in [3.63, 3.8) is 0 Å². The molecule has 0 unspecified atom stereocenters. The number of hydroxylamine groups is 1. The number of nitrogens with one attached hydrogen (secondary N) is 1. The van der Waals surface area contributed by atoms with E-state index < -0.39 is 11.9 Å². The average Bonchev–Trinajstić information content (AvgIpc) is 3.20. The normalized spacial score (nSPS) is 18.4. The van der Waals surface area contributed by atoms with Crippen LogP contribution >= 0.6 is 23.3 Å². The molecule has 28 heavy (non-hydrogen) atoms. The molecule has 0 saturated carbocycles. The van der Waals surface area contributed by atoms with Crippen molar-refractivity contribution in [2.75, 3.05) is 5.75 Å². The molecule has 2 aromatic rings. The quantitative estimate of drug-likeness (QED) is 0.420. The second-order valence-corrected chi connectivity index (χ2v) is 8.00. The molecule has 0 aliphatic carbocycles. The number of pyridine rings is 1. The van der Waals surface area contributed by atoms with Crippen LogP contribution in [0, 0.1) is 0 Å². The molecule has 144 valence electrons. The molecule has 0 spiro atoms. The minimum Gasteiger partial charge on any atom is -0.334 e. The standard InChI is InChI=1S/C17H15N5O4S2/c23-13(6-12-10-28-20-18-12)19-26-17(25)16-11(8-21-4-2-1-3-5-21)9-27-15-7-14(24)22(15)16/h1-5,10,15H,6-9H2/p+1/t15-/m1/s1. The van der Waals surface area contributed by atoms with Gasteiger partial charge in [0.2, 0.25) is 5.91 Å². The Morgan fingerprint density at radius 3 is 2.86 bits per heavy atom. The number of hydrogen-bond donors (Lipinski definition) is 1. The monoisotopic (exact) mass is 418 g/mol. The number of fused-ring (bicyclic) bond motifs is 1. The van der Waals surface area contributed by atoms with E-state index >= 15 is 0 Å². The van der Waals surface area contributed by atoms with Crippen molar-refractivity contribution in [1.82, 2.24) is 20.0 Å². The van der Waals surface area contributed by atoms with Crippen LogP contribution < -0.4 is 10.0 Å². The van der Waals surface area contributed by atoms with Crippen molar-refractivity contribution in [1.29, 1.82) is 0 Å². The van der Waals surface area contributed by atoms with Crippen LogP contribution in [0.1, 0.15) is 12.1 Å². The highest BCUT2D eigenvalue weighted by Gasteiger charge is 2.46. The van der Waals surface area contributed by atoms with Crippen LogP contribution in [0.3, 0.4) is 0 Å². The Balaban J connectivity index is 1.49. The second kappa shape index (κ2) is 8.07. The third-order valence-electron chi connectivity index (χ3n) is 4.28. The molecule has 9 nitrogen and oxygen atoms in total. The maximum Gasteiger partial charge on any atom is 0.379 e. The fourth-order valence-electron chi connectivity index (χ4n) is 2.96. The van der Waals surface area contributed by atoms with Crippen molar-refractivity contribution >= 4 is 41.1 Å². The lowest BCUT2D eigenvalue weighted by Gasteiger charge is -2.43. The number of rotatable bonds is 5. The van der Waals surface area contributed by atoms with Crippen molar-refractivity contribution in [2.24, 2.45) is 0 Å². The van der Waals surface area contributed by atoms with E-state index in [2.05, 4.69) is 15.1 Å². The van der Waals surface area contributed by atoms with Gasteiger partial charge in [-0.3, -0.25) is 14.5 Å². The summed E-state index contributed by atoms with van der Waals surface area (Å²) in [6.07, 6.45) is 4.12. The highest BCUT2D eigenvalue weighted by Crippen LogP contribution is 2.40. The predicted molar refractivity (Wildman–Crippen MR) is 99.2 cm³/mol. The summed E-state index contributed by atoms with van der Waals surface area (Å²) in [7, 11) is 0. The lowest BCUT2D eigenvalue weighted by molar-refractivity contribution is -0.689. The Kier molecular flexibility index (Phi) is 5.35. The van der Waals surface area contributed by atoms with Gasteiger partial charge >= 0.3 is 5.97 Å². The maximum absolute atomic E-state index is 12.7. The van der Waals surface area contributed by atoms with E-state index in [-0.39, 0.29) is 23.4 Å². The van der Waals surface area contributed by atoms with Crippen LogP contribution in [0.4, 0.5) is 0 Å². The lowest BCUT2D eigenvalue weighted by atomic mass is 10.1. The zero-order valence-corrected chi connectivity index (χ0v) is 16.2. The van der Waals surface area contributed by atoms with E-state index in [1.54, 1.807) is 17.1 Å². The van der Waals surface area contributed by atoms with Gasteiger partial charge in [-0.2, -0.15) is 5.48 Å². The zero-order chi connectivity index (χ0) is 19.5. The molecule has 4 heterocycles. The summed E-state index contributed by atoms with van der Waals surface area (Å²) in [4.78, 5) is 43.2. The zero-order valence-electron chi connectivity index (χ0n) is 14.6. The summed E-state index contributed by atoms with van der Waals surface area (Å²) >= 11 is 2.75. The van der Waals surface area contributed by atoms with Crippen molar-refractivity contribution in [3.8, 4) is 0 Å². The van der Waals surface area contributed by atoms with E-state index in [0.717, 1.165) is 17.1 Å². The van der Waals surface area contributed by atoms with Gasteiger partial charge in [-0.1, -0.05) is 10.6 Å². The molecule has 0 bridgehead atoms. The highest BCUT2D eigenvalue weighted by molar-refractivity contribution is 8.00. The summed E-state index contributed by atoms with van der Waals surface area (Å²) in [6, 6.07) is 5.68. The number of thioether (sulfide) groups is 1. The number of β-lactam (4-membered cyclic amide) rings is 1. The molecule has 2 aliphatic rings. The number of amides is 2. The van der Waals surface area contributed by atoms with E-state index in [0.29, 0.717) is 24.4 Å². The van der Waals surface area contributed by atoms with E-state index in [1.807, 2.05) is 35.2 Å². The molecule has 2 aromatic heterocycles. The van der Waals surface area contributed by atoms with Crippen LogP contribution in [0.15, 0.2) is 47.2 Å². The van der Waals surface area contributed by atoms with Gasteiger partial charge in [0.15, 0.2) is 18.9 Å². The van der Waals surface area contributed by atoms with Gasteiger partial charge in [0.05, 0.1) is 23.9 Å². The molecule has 1 atom stereocenters.